The maximum absolute atomic E-state index is 12.1. The van der Waals surface area contributed by atoms with E-state index in [4.69, 9.17) is 4.74 Å². The van der Waals surface area contributed by atoms with E-state index in [-0.39, 0.29) is 5.91 Å². The lowest BCUT2D eigenvalue weighted by Gasteiger charge is -2.33. The summed E-state index contributed by atoms with van der Waals surface area (Å²) in [6, 6.07) is 16.1. The first-order chi connectivity index (χ1) is 13.7. The number of piperazine rings is 1. The first-order valence-electron chi connectivity index (χ1n) is 9.44. The molecule has 6 nitrogen and oxygen atoms in total. The first-order valence-corrected chi connectivity index (χ1v) is 10.2. The molecule has 3 rings (SSSR count). The summed E-state index contributed by atoms with van der Waals surface area (Å²) in [5, 5.41) is 4.06. The van der Waals surface area contributed by atoms with E-state index in [1.165, 1.54) is 10.6 Å². The smallest absolute Gasteiger partial charge is 0.245 e. The number of hydrazone groups is 1. The van der Waals surface area contributed by atoms with E-state index in [1.54, 1.807) is 13.3 Å². The number of hydrogen-bond donors (Lipinski definition) is 2. The van der Waals surface area contributed by atoms with Gasteiger partial charge in [0.05, 0.1) is 52.5 Å². The molecule has 1 aliphatic rings. The molecule has 0 spiro atoms. The molecule has 1 amide bonds. The number of ether oxygens (including phenoxy) is 1. The van der Waals surface area contributed by atoms with Gasteiger partial charge in [0.2, 0.25) is 5.91 Å². The summed E-state index contributed by atoms with van der Waals surface area (Å²) in [6.07, 6.45) is 2.07. The lowest BCUT2D eigenvalue weighted by molar-refractivity contribution is -0.900. The molecule has 2 aromatic carbocycles. The summed E-state index contributed by atoms with van der Waals surface area (Å²) in [7, 11) is 1.61. The van der Waals surface area contributed by atoms with E-state index < -0.39 is 0 Å². The Morgan fingerprint density at radius 2 is 2.00 bits per heavy atom. The number of methoxy groups -OCH3 is 1. The van der Waals surface area contributed by atoms with Crippen LogP contribution in [-0.2, 0) is 4.79 Å². The Bertz CT molecular complexity index is 805. The molecule has 0 radical (unpaired) electrons. The van der Waals surface area contributed by atoms with Crippen LogP contribution < -0.4 is 20.0 Å². The molecule has 0 saturated carbocycles. The molecule has 2 aromatic rings. The molecule has 2 N–H and O–H groups in total. The number of nitrogens with one attached hydrogen (secondary N) is 2. The molecule has 0 bridgehead atoms. The zero-order chi connectivity index (χ0) is 19.8. The second-order valence-corrected chi connectivity index (χ2v) is 7.67. The van der Waals surface area contributed by atoms with Gasteiger partial charge >= 0.3 is 0 Å². The molecule has 0 unspecified atom stereocenters. The Morgan fingerprint density at radius 3 is 2.71 bits per heavy atom. The summed E-state index contributed by atoms with van der Waals surface area (Å²) in [6.45, 7) is 4.94. The van der Waals surface area contributed by atoms with Crippen LogP contribution in [0.2, 0.25) is 0 Å². The van der Waals surface area contributed by atoms with E-state index in [1.807, 2.05) is 24.3 Å². The van der Waals surface area contributed by atoms with Crippen molar-refractivity contribution < 1.29 is 14.4 Å². The number of carbonyl (C=O) groups excluding carboxylic acids is 1. The van der Waals surface area contributed by atoms with E-state index in [2.05, 4.69) is 55.6 Å². The van der Waals surface area contributed by atoms with Crippen LogP contribution in [0.1, 0.15) is 12.0 Å². The van der Waals surface area contributed by atoms with Gasteiger partial charge in [-0.15, -0.1) is 0 Å². The second-order valence-electron chi connectivity index (χ2n) is 6.75. The minimum Gasteiger partial charge on any atom is -0.496 e. The van der Waals surface area contributed by atoms with E-state index in [0.29, 0.717) is 12.2 Å². The fourth-order valence-corrected chi connectivity index (χ4v) is 3.67. The third-order valence-electron chi connectivity index (χ3n) is 4.88. The fourth-order valence-electron chi connectivity index (χ4n) is 3.30. The average Bonchev–Trinajstić information content (AvgIpc) is 2.73. The van der Waals surface area contributed by atoms with Crippen LogP contribution in [0.4, 0.5) is 5.69 Å². The predicted molar refractivity (Wildman–Crippen MR) is 115 cm³/mol. The number of nitrogens with zero attached hydrogens (tertiary/aromatic N) is 2. The standard InChI is InChI=1S/C21H25BrN4O2/c1-28-20-8-7-18(22)15-17(20)16-23-24-21(27)9-10-25-11-13-26(14-12-25)19-5-3-2-4-6-19/h2-8,15-16H,9-14H2,1H3,(H,24,27)/p+1/b23-16-. The number of anilines is 1. The van der Waals surface area contributed by atoms with E-state index >= 15 is 0 Å². The average molecular weight is 446 g/mol. The van der Waals surface area contributed by atoms with Gasteiger partial charge in [-0.2, -0.15) is 5.10 Å². The normalized spacial score (nSPS) is 15.0. The van der Waals surface area contributed by atoms with Crippen molar-refractivity contribution in [3.63, 3.8) is 0 Å². The molecular weight excluding hydrogens is 420 g/mol. The van der Waals surface area contributed by atoms with Gasteiger partial charge < -0.3 is 14.5 Å². The zero-order valence-corrected chi connectivity index (χ0v) is 17.6. The van der Waals surface area contributed by atoms with Crippen molar-refractivity contribution >= 4 is 33.7 Å². The van der Waals surface area contributed by atoms with Gasteiger partial charge in [-0.05, 0) is 30.3 Å². The molecule has 0 aliphatic carbocycles. The van der Waals surface area contributed by atoms with Crippen molar-refractivity contribution in [2.24, 2.45) is 5.10 Å². The van der Waals surface area contributed by atoms with Crippen molar-refractivity contribution in [1.29, 1.82) is 0 Å². The summed E-state index contributed by atoms with van der Waals surface area (Å²) in [5.41, 5.74) is 4.69. The number of rotatable bonds is 7. The summed E-state index contributed by atoms with van der Waals surface area (Å²) < 4.78 is 6.22. The van der Waals surface area contributed by atoms with Gasteiger partial charge in [-0.25, -0.2) is 5.43 Å². The van der Waals surface area contributed by atoms with Crippen LogP contribution in [0.5, 0.6) is 5.75 Å². The SMILES string of the molecule is COc1ccc(Br)cc1/C=N\NC(=O)CC[NH+]1CCN(c2ccccc2)CC1. The number of para-hydroxylation sites is 1. The zero-order valence-electron chi connectivity index (χ0n) is 16.0. The van der Waals surface area contributed by atoms with Crippen LogP contribution >= 0.6 is 15.9 Å². The van der Waals surface area contributed by atoms with Gasteiger partial charge in [0, 0.05) is 15.7 Å². The van der Waals surface area contributed by atoms with Crippen LogP contribution in [0.25, 0.3) is 0 Å². The number of halogens is 1. The Labute approximate surface area is 174 Å². The molecular formula is C21H26BrN4O2+. The fraction of sp³-hybridized carbons (Fsp3) is 0.333. The molecule has 1 aliphatic heterocycles. The quantitative estimate of drug-likeness (QED) is 0.503. The summed E-state index contributed by atoms with van der Waals surface area (Å²) in [4.78, 5) is 16.0. The van der Waals surface area contributed by atoms with Crippen LogP contribution in [0.15, 0.2) is 58.1 Å². The molecule has 1 fully saturated rings. The van der Waals surface area contributed by atoms with Crippen molar-refractivity contribution in [1.82, 2.24) is 5.43 Å². The number of hydrogen-bond acceptors (Lipinski definition) is 4. The van der Waals surface area contributed by atoms with Gasteiger partial charge in [0.15, 0.2) is 0 Å². The number of benzene rings is 2. The third-order valence-corrected chi connectivity index (χ3v) is 5.38. The molecule has 1 heterocycles. The van der Waals surface area contributed by atoms with Crippen LogP contribution in [-0.4, -0.2) is 52.0 Å². The highest BCUT2D eigenvalue weighted by Crippen LogP contribution is 2.21. The topological polar surface area (TPSA) is 58.4 Å². The highest BCUT2D eigenvalue weighted by molar-refractivity contribution is 9.10. The van der Waals surface area contributed by atoms with E-state index in [9.17, 15) is 4.79 Å². The summed E-state index contributed by atoms with van der Waals surface area (Å²) in [5.74, 6) is 0.644. The Hall–Kier alpha value is -2.38. The van der Waals surface area contributed by atoms with Gasteiger partial charge in [-0.1, -0.05) is 34.1 Å². The van der Waals surface area contributed by atoms with Crippen molar-refractivity contribution in [2.75, 3.05) is 44.7 Å². The maximum Gasteiger partial charge on any atom is 0.245 e. The molecule has 7 heteroatoms. The van der Waals surface area contributed by atoms with Gasteiger partial charge in [0.25, 0.3) is 0 Å². The minimum atomic E-state index is -0.0665. The largest absolute Gasteiger partial charge is 0.496 e. The molecule has 0 atom stereocenters. The highest BCUT2D eigenvalue weighted by Gasteiger charge is 2.20. The van der Waals surface area contributed by atoms with Crippen molar-refractivity contribution in [3.05, 3.63) is 58.6 Å². The highest BCUT2D eigenvalue weighted by atomic mass is 79.9. The predicted octanol–water partition coefficient (Wildman–Crippen LogP) is 1.70. The third kappa shape index (κ3) is 5.81. The van der Waals surface area contributed by atoms with Gasteiger partial charge in [0.1, 0.15) is 5.75 Å². The second kappa shape index (κ2) is 10.2. The van der Waals surface area contributed by atoms with Crippen molar-refractivity contribution in [3.8, 4) is 5.75 Å². The van der Waals surface area contributed by atoms with Crippen LogP contribution in [0.3, 0.4) is 0 Å². The lowest BCUT2D eigenvalue weighted by atomic mass is 10.2. The Morgan fingerprint density at radius 1 is 1.25 bits per heavy atom. The molecule has 28 heavy (non-hydrogen) atoms. The number of quaternary nitrogens is 1. The first kappa shape index (κ1) is 20.4. The molecule has 0 aromatic heterocycles. The maximum atomic E-state index is 12.1. The number of carbonyl (C=O) groups is 1. The Balaban J connectivity index is 1.40. The summed E-state index contributed by atoms with van der Waals surface area (Å²) >= 11 is 3.42. The van der Waals surface area contributed by atoms with Gasteiger partial charge in [-0.3, -0.25) is 4.79 Å². The molecule has 1 saturated heterocycles. The molecule has 148 valence electrons. The lowest BCUT2D eigenvalue weighted by Crippen LogP contribution is -3.15. The van der Waals surface area contributed by atoms with Crippen LogP contribution in [0, 0.1) is 0 Å². The van der Waals surface area contributed by atoms with E-state index in [0.717, 1.165) is 42.8 Å². The van der Waals surface area contributed by atoms with Crippen molar-refractivity contribution in [2.45, 2.75) is 6.42 Å². The monoisotopic (exact) mass is 445 g/mol. The Kier molecular flexibility index (Phi) is 7.45. The minimum absolute atomic E-state index is 0.0665. The number of amides is 1.